The zero-order valence-electron chi connectivity index (χ0n) is 14.4. The Balaban J connectivity index is 1.51. The van der Waals surface area contributed by atoms with E-state index >= 15 is 0 Å². The van der Waals surface area contributed by atoms with Crippen molar-refractivity contribution < 1.29 is 13.6 Å². The molecule has 2 bridgehead atoms. The summed E-state index contributed by atoms with van der Waals surface area (Å²) in [6.45, 7) is 2.49. The van der Waals surface area contributed by atoms with E-state index < -0.39 is 5.82 Å². The molecule has 3 fully saturated rings. The third-order valence-electron chi connectivity index (χ3n) is 5.40. The SMILES string of the molecule is O=C(c1cccnc1)N1C[C@H]2CC[C@@H](C1)N(Cc1cc(F)ccc1F)C2. The summed E-state index contributed by atoms with van der Waals surface area (Å²) >= 11 is 0. The molecule has 6 heteroatoms. The third kappa shape index (κ3) is 3.46. The molecule has 1 aromatic heterocycles. The van der Waals surface area contributed by atoms with Crippen molar-refractivity contribution in [2.75, 3.05) is 19.6 Å². The van der Waals surface area contributed by atoms with E-state index in [-0.39, 0.29) is 17.8 Å². The van der Waals surface area contributed by atoms with Crippen LogP contribution < -0.4 is 0 Å². The van der Waals surface area contributed by atoms with Crippen molar-refractivity contribution in [3.05, 3.63) is 65.5 Å². The van der Waals surface area contributed by atoms with Crippen LogP contribution in [0, 0.1) is 17.6 Å². The van der Waals surface area contributed by atoms with E-state index in [1.807, 2.05) is 4.90 Å². The summed E-state index contributed by atoms with van der Waals surface area (Å²) in [5, 5.41) is 0. The number of pyridine rings is 1. The molecule has 1 aromatic carbocycles. The smallest absolute Gasteiger partial charge is 0.255 e. The lowest BCUT2D eigenvalue weighted by molar-refractivity contribution is 0.0735. The average molecular weight is 357 g/mol. The van der Waals surface area contributed by atoms with Crippen molar-refractivity contribution in [1.82, 2.24) is 14.8 Å². The number of fused-ring (bicyclic) bond motifs is 4. The minimum absolute atomic E-state index is 0.00575. The largest absolute Gasteiger partial charge is 0.337 e. The maximum Gasteiger partial charge on any atom is 0.255 e. The molecule has 4 nitrogen and oxygen atoms in total. The number of nitrogens with zero attached hydrogens (tertiary/aromatic N) is 3. The molecule has 0 unspecified atom stereocenters. The van der Waals surface area contributed by atoms with Crippen molar-refractivity contribution >= 4 is 5.91 Å². The Labute approximate surface area is 151 Å². The quantitative estimate of drug-likeness (QED) is 0.847. The molecule has 136 valence electrons. The number of amides is 1. The second kappa shape index (κ2) is 7.11. The molecular formula is C20H21F2N3O. The van der Waals surface area contributed by atoms with Crippen LogP contribution in [-0.4, -0.2) is 46.4 Å². The summed E-state index contributed by atoms with van der Waals surface area (Å²) < 4.78 is 27.5. The molecule has 2 atom stereocenters. The number of aromatic nitrogens is 1. The van der Waals surface area contributed by atoms with Crippen LogP contribution in [0.3, 0.4) is 0 Å². The highest BCUT2D eigenvalue weighted by atomic mass is 19.1. The summed E-state index contributed by atoms with van der Waals surface area (Å²) in [4.78, 5) is 20.9. The van der Waals surface area contributed by atoms with Crippen LogP contribution in [-0.2, 0) is 6.54 Å². The van der Waals surface area contributed by atoms with Gasteiger partial charge in [0.1, 0.15) is 11.6 Å². The Hall–Kier alpha value is -2.34. The number of hydrogen-bond acceptors (Lipinski definition) is 3. The minimum Gasteiger partial charge on any atom is -0.337 e. The molecular weight excluding hydrogens is 336 g/mol. The monoisotopic (exact) mass is 357 g/mol. The van der Waals surface area contributed by atoms with Gasteiger partial charge in [-0.15, -0.1) is 0 Å². The molecule has 0 N–H and O–H groups in total. The Kier molecular flexibility index (Phi) is 4.68. The van der Waals surface area contributed by atoms with E-state index in [0.717, 1.165) is 25.5 Å². The number of hydrogen-bond donors (Lipinski definition) is 0. The Morgan fingerprint density at radius 1 is 1.15 bits per heavy atom. The molecule has 0 spiro atoms. The summed E-state index contributed by atoms with van der Waals surface area (Å²) in [6.07, 6.45) is 5.27. The van der Waals surface area contributed by atoms with E-state index in [9.17, 15) is 13.6 Å². The van der Waals surface area contributed by atoms with Crippen molar-refractivity contribution in [2.24, 2.45) is 5.92 Å². The standard InChI is InChI=1S/C20H21F2N3O/c21-17-4-6-19(22)16(8-17)12-24-10-14-3-5-18(24)13-25(11-14)20(26)15-2-1-7-23-9-15/h1-2,4,6-9,14,18H,3,5,10-13H2/t14-,18-/m0/s1. The van der Waals surface area contributed by atoms with E-state index in [1.165, 1.54) is 12.1 Å². The minimum atomic E-state index is -0.422. The molecule has 0 saturated carbocycles. The van der Waals surface area contributed by atoms with Crippen molar-refractivity contribution in [2.45, 2.75) is 25.4 Å². The van der Waals surface area contributed by atoms with Crippen LogP contribution in [0.5, 0.6) is 0 Å². The highest BCUT2D eigenvalue weighted by Crippen LogP contribution is 2.30. The van der Waals surface area contributed by atoms with Crippen LogP contribution in [0.2, 0.25) is 0 Å². The number of carbonyl (C=O) groups is 1. The van der Waals surface area contributed by atoms with Gasteiger partial charge in [0.2, 0.25) is 0 Å². The fourth-order valence-corrected chi connectivity index (χ4v) is 4.09. The van der Waals surface area contributed by atoms with E-state index in [0.29, 0.717) is 36.7 Å². The number of benzene rings is 1. The van der Waals surface area contributed by atoms with Gasteiger partial charge >= 0.3 is 0 Å². The van der Waals surface area contributed by atoms with Crippen LogP contribution in [0.15, 0.2) is 42.7 Å². The van der Waals surface area contributed by atoms with Gasteiger partial charge < -0.3 is 4.90 Å². The van der Waals surface area contributed by atoms with Crippen molar-refractivity contribution in [3.63, 3.8) is 0 Å². The molecule has 0 radical (unpaired) electrons. The number of piperidine rings is 1. The zero-order valence-corrected chi connectivity index (χ0v) is 14.4. The molecule has 3 aliphatic heterocycles. The van der Waals surface area contributed by atoms with Crippen LogP contribution in [0.4, 0.5) is 8.78 Å². The van der Waals surface area contributed by atoms with Crippen LogP contribution in [0.25, 0.3) is 0 Å². The lowest BCUT2D eigenvalue weighted by atomic mass is 9.94. The van der Waals surface area contributed by atoms with Gasteiger partial charge in [-0.1, -0.05) is 0 Å². The van der Waals surface area contributed by atoms with E-state index in [2.05, 4.69) is 9.88 Å². The van der Waals surface area contributed by atoms with Gasteiger partial charge in [0, 0.05) is 50.2 Å². The molecule has 1 amide bonds. The normalized spacial score (nSPS) is 23.1. The number of rotatable bonds is 3. The molecule has 26 heavy (non-hydrogen) atoms. The van der Waals surface area contributed by atoms with Crippen LogP contribution >= 0.6 is 0 Å². The molecule has 5 rings (SSSR count). The number of halogens is 2. The molecule has 3 saturated heterocycles. The topological polar surface area (TPSA) is 36.4 Å². The second-order valence-corrected chi connectivity index (χ2v) is 7.21. The first kappa shape index (κ1) is 17.1. The average Bonchev–Trinajstić information content (AvgIpc) is 2.97. The summed E-state index contributed by atoms with van der Waals surface area (Å²) in [6, 6.07) is 7.30. The predicted octanol–water partition coefficient (Wildman–Crippen LogP) is 3.10. The third-order valence-corrected chi connectivity index (χ3v) is 5.40. The highest BCUT2D eigenvalue weighted by Gasteiger charge is 2.36. The van der Waals surface area contributed by atoms with E-state index in [1.54, 1.807) is 24.5 Å². The first-order valence-corrected chi connectivity index (χ1v) is 8.97. The molecule has 2 aromatic rings. The highest BCUT2D eigenvalue weighted by molar-refractivity contribution is 5.94. The van der Waals surface area contributed by atoms with Crippen molar-refractivity contribution in [1.29, 1.82) is 0 Å². The van der Waals surface area contributed by atoms with E-state index in [4.69, 9.17) is 0 Å². The molecule has 3 aliphatic rings. The summed E-state index contributed by atoms with van der Waals surface area (Å²) in [7, 11) is 0. The Morgan fingerprint density at radius 3 is 2.85 bits per heavy atom. The summed E-state index contributed by atoms with van der Waals surface area (Å²) in [5.74, 6) is -0.454. The van der Waals surface area contributed by atoms with Gasteiger partial charge in [0.25, 0.3) is 5.91 Å². The lowest BCUT2D eigenvalue weighted by Crippen LogP contribution is -2.44. The zero-order chi connectivity index (χ0) is 18.1. The maximum absolute atomic E-state index is 14.0. The van der Waals surface area contributed by atoms with Gasteiger partial charge in [-0.3, -0.25) is 14.7 Å². The van der Waals surface area contributed by atoms with Gasteiger partial charge in [-0.2, -0.15) is 0 Å². The van der Waals surface area contributed by atoms with Crippen LogP contribution in [0.1, 0.15) is 28.8 Å². The fraction of sp³-hybridized carbons (Fsp3) is 0.400. The lowest BCUT2D eigenvalue weighted by Gasteiger charge is -2.36. The molecule has 0 aliphatic carbocycles. The van der Waals surface area contributed by atoms with Gasteiger partial charge in [0.05, 0.1) is 5.56 Å². The van der Waals surface area contributed by atoms with Gasteiger partial charge in [0.15, 0.2) is 0 Å². The Bertz CT molecular complexity index is 799. The van der Waals surface area contributed by atoms with Gasteiger partial charge in [-0.05, 0) is 49.1 Å². The second-order valence-electron chi connectivity index (χ2n) is 7.21. The first-order valence-electron chi connectivity index (χ1n) is 8.97. The Morgan fingerprint density at radius 2 is 2.04 bits per heavy atom. The number of carbonyl (C=O) groups excluding carboxylic acids is 1. The fourth-order valence-electron chi connectivity index (χ4n) is 4.09. The van der Waals surface area contributed by atoms with Crippen molar-refractivity contribution in [3.8, 4) is 0 Å². The summed E-state index contributed by atoms with van der Waals surface area (Å²) in [5.41, 5.74) is 0.971. The molecule has 4 heterocycles. The predicted molar refractivity (Wildman–Crippen MR) is 93.4 cm³/mol. The van der Waals surface area contributed by atoms with Gasteiger partial charge in [-0.25, -0.2) is 8.78 Å². The maximum atomic E-state index is 14.0. The first-order chi connectivity index (χ1) is 12.6.